The number of alkyl halides is 3. The van der Waals surface area contributed by atoms with E-state index in [9.17, 15) is 22.8 Å². The molecule has 0 bridgehead atoms. The van der Waals surface area contributed by atoms with E-state index in [2.05, 4.69) is 45.7 Å². The maximum absolute atomic E-state index is 14.4. The number of ether oxygens (including phenoxy) is 1. The molecule has 1 aliphatic heterocycles. The molecule has 3 N–H and O–H groups in total. The van der Waals surface area contributed by atoms with Gasteiger partial charge in [0.2, 0.25) is 5.91 Å². The van der Waals surface area contributed by atoms with Crippen LogP contribution in [-0.4, -0.2) is 91.0 Å². The van der Waals surface area contributed by atoms with Crippen molar-refractivity contribution < 1.29 is 32.0 Å². The maximum atomic E-state index is 14.4. The van der Waals surface area contributed by atoms with Crippen LogP contribution in [-0.2, 0) is 33.2 Å². The number of carbonyl (C=O) groups is 2. The molecule has 0 saturated carbocycles. The van der Waals surface area contributed by atoms with Gasteiger partial charge in [0, 0.05) is 62.2 Å². The van der Waals surface area contributed by atoms with Gasteiger partial charge < -0.3 is 24.9 Å². The molecule has 14 nitrogen and oxygen atoms in total. The van der Waals surface area contributed by atoms with Crippen LogP contribution < -0.4 is 10.6 Å². The van der Waals surface area contributed by atoms with E-state index in [0.29, 0.717) is 60.2 Å². The summed E-state index contributed by atoms with van der Waals surface area (Å²) in [5.74, 6) is -0.605. The van der Waals surface area contributed by atoms with Crippen LogP contribution in [0.2, 0.25) is 0 Å². The lowest BCUT2D eigenvalue weighted by atomic mass is 9.96. The van der Waals surface area contributed by atoms with Crippen LogP contribution >= 0.6 is 0 Å². The molecule has 4 aromatic heterocycles. The second-order valence-corrected chi connectivity index (χ2v) is 14.4. The third-order valence-electron chi connectivity index (χ3n) is 8.76. The van der Waals surface area contributed by atoms with Gasteiger partial charge in [-0.3, -0.25) is 19.2 Å². The summed E-state index contributed by atoms with van der Waals surface area (Å²) in [7, 11) is 0. The molecule has 0 spiro atoms. The van der Waals surface area contributed by atoms with Gasteiger partial charge in [-0.25, -0.2) is 9.97 Å². The number of H-pyrrole nitrogens is 1. The predicted octanol–water partition coefficient (Wildman–Crippen LogP) is 4.86. The lowest BCUT2D eigenvalue weighted by Gasteiger charge is -2.26. The van der Waals surface area contributed by atoms with Crippen molar-refractivity contribution in [2.45, 2.75) is 58.3 Å². The van der Waals surface area contributed by atoms with Crippen molar-refractivity contribution >= 4 is 23.0 Å². The van der Waals surface area contributed by atoms with E-state index < -0.39 is 35.1 Å². The van der Waals surface area contributed by atoms with Crippen LogP contribution in [0.5, 0.6) is 0 Å². The molecule has 0 atom stereocenters. The summed E-state index contributed by atoms with van der Waals surface area (Å²) in [6.07, 6.45) is 3.52. The van der Waals surface area contributed by atoms with Gasteiger partial charge in [-0.2, -0.15) is 23.3 Å². The first kappa shape index (κ1) is 37.3. The highest BCUT2D eigenvalue weighted by molar-refractivity contribution is 5.92. The first-order chi connectivity index (χ1) is 25.1. The summed E-state index contributed by atoms with van der Waals surface area (Å²) >= 11 is 0. The number of halogens is 3. The molecule has 17 heteroatoms. The number of hydrogen-bond acceptors (Lipinski definition) is 10. The zero-order chi connectivity index (χ0) is 38.0. The summed E-state index contributed by atoms with van der Waals surface area (Å²) < 4.78 is 55.2. The lowest BCUT2D eigenvalue weighted by molar-refractivity contribution is -0.138. The highest BCUT2D eigenvalue weighted by atomic mass is 19.4. The Labute approximate surface area is 303 Å². The third kappa shape index (κ3) is 8.80. The van der Waals surface area contributed by atoms with Crippen molar-refractivity contribution in [1.29, 1.82) is 0 Å². The van der Waals surface area contributed by atoms with Gasteiger partial charge >= 0.3 is 18.0 Å². The minimum absolute atomic E-state index is 0.143. The van der Waals surface area contributed by atoms with Crippen LogP contribution in [0.1, 0.15) is 62.3 Å². The molecule has 5 heterocycles. The molecule has 1 aliphatic rings. The first-order valence-electron chi connectivity index (χ1n) is 17.1. The predicted molar refractivity (Wildman–Crippen MR) is 188 cm³/mol. The van der Waals surface area contributed by atoms with E-state index >= 15 is 0 Å². The number of fused-ring (bicyclic) bond motifs is 1. The van der Waals surface area contributed by atoms with Gasteiger partial charge in [0.1, 0.15) is 5.82 Å². The molecule has 0 unspecified atom stereocenters. The molecule has 53 heavy (non-hydrogen) atoms. The number of pyridine rings is 1. The van der Waals surface area contributed by atoms with Gasteiger partial charge in [-0.1, -0.05) is 44.1 Å². The average Bonchev–Trinajstić information content (AvgIpc) is 3.90. The van der Waals surface area contributed by atoms with Crippen LogP contribution in [0.4, 0.5) is 13.2 Å². The van der Waals surface area contributed by atoms with Crippen molar-refractivity contribution in [2.75, 3.05) is 39.4 Å². The van der Waals surface area contributed by atoms with Crippen LogP contribution in [0, 0.1) is 0 Å². The van der Waals surface area contributed by atoms with Crippen molar-refractivity contribution in [3.05, 3.63) is 77.9 Å². The minimum Gasteiger partial charge on any atom is -0.379 e. The number of aromatic nitrogens is 7. The van der Waals surface area contributed by atoms with Crippen molar-refractivity contribution in [2.24, 2.45) is 0 Å². The number of nitrogens with zero attached hydrogens (tertiary/aromatic N) is 7. The Balaban J connectivity index is 1.16. The number of nitrogens with one attached hydrogen (secondary N) is 3. The molecule has 1 saturated heterocycles. The van der Waals surface area contributed by atoms with E-state index in [4.69, 9.17) is 9.26 Å². The standard InChI is InChI=1S/C36H41F3N10O4/c1-34(2,3)33-46-32(53-47-33)31(51)41-18-23-9-8-22(17-26(23)36(37,38)39)25-10-11-40-30-28(25)44-29(45-30)24-19-43-49(20-24)35(4,5)21-42-27(50)7-6-12-48-13-15-52-16-14-48/h6-11,17,19-20H,12-16,18,21H2,1-5H3,(H,41,51)(H,42,50)(H,40,44,45)/b7-6+. The van der Waals surface area contributed by atoms with Crippen LogP contribution in [0.25, 0.3) is 33.7 Å². The Morgan fingerprint density at radius 3 is 2.51 bits per heavy atom. The quantitative estimate of drug-likeness (QED) is 0.160. The number of amides is 2. The summed E-state index contributed by atoms with van der Waals surface area (Å²) in [4.78, 5) is 43.5. The van der Waals surface area contributed by atoms with Crippen LogP contribution in [0.3, 0.4) is 0 Å². The number of benzene rings is 1. The van der Waals surface area contributed by atoms with Gasteiger partial charge in [0.05, 0.1) is 41.6 Å². The van der Waals surface area contributed by atoms with Gasteiger partial charge in [-0.05, 0) is 37.1 Å². The van der Waals surface area contributed by atoms with E-state index in [0.717, 1.165) is 19.2 Å². The topological polar surface area (TPSA) is 169 Å². The smallest absolute Gasteiger partial charge is 0.379 e. The molecule has 5 aromatic rings. The molecule has 0 radical (unpaired) electrons. The Kier molecular flexibility index (Phi) is 10.5. The number of morpholine rings is 1. The molecule has 1 fully saturated rings. The van der Waals surface area contributed by atoms with E-state index in [-0.39, 0.29) is 22.9 Å². The first-order valence-corrected chi connectivity index (χ1v) is 17.1. The van der Waals surface area contributed by atoms with Crippen molar-refractivity contribution in [3.8, 4) is 22.5 Å². The number of carbonyl (C=O) groups excluding carboxylic acids is 2. The Hall–Kier alpha value is -5.42. The fraction of sp³-hybridized carbons (Fsp3) is 0.417. The largest absolute Gasteiger partial charge is 0.416 e. The van der Waals surface area contributed by atoms with Crippen molar-refractivity contribution in [1.82, 2.24) is 50.4 Å². The molecule has 6 rings (SSSR count). The highest BCUT2D eigenvalue weighted by Gasteiger charge is 2.34. The zero-order valence-electron chi connectivity index (χ0n) is 30.0. The SMILES string of the molecule is CC(C)(C)c1noc(C(=O)NCc2ccc(-c3ccnc4nc(-c5cnn(C(C)(C)CNC(=O)/C=C/CN6CCOCC6)c5)[nH]c34)cc2C(F)(F)F)n1. The van der Waals surface area contributed by atoms with Crippen molar-refractivity contribution in [3.63, 3.8) is 0 Å². The van der Waals surface area contributed by atoms with E-state index in [1.165, 1.54) is 18.3 Å². The third-order valence-corrected chi connectivity index (χ3v) is 8.76. The average molecular weight is 735 g/mol. The monoisotopic (exact) mass is 734 g/mol. The Bertz CT molecular complexity index is 2120. The minimum atomic E-state index is -4.72. The number of imidazole rings is 1. The zero-order valence-corrected chi connectivity index (χ0v) is 30.0. The maximum Gasteiger partial charge on any atom is 0.416 e. The summed E-state index contributed by atoms with van der Waals surface area (Å²) in [5, 5.41) is 13.7. The number of hydrogen-bond donors (Lipinski definition) is 3. The molecule has 1 aromatic carbocycles. The molecule has 2 amide bonds. The number of aromatic amines is 1. The number of rotatable bonds is 11. The van der Waals surface area contributed by atoms with E-state index in [1.807, 2.05) is 40.7 Å². The molecule has 0 aliphatic carbocycles. The fourth-order valence-corrected chi connectivity index (χ4v) is 5.63. The van der Waals surface area contributed by atoms with Gasteiger partial charge in [0.15, 0.2) is 11.5 Å². The second-order valence-electron chi connectivity index (χ2n) is 14.4. The lowest BCUT2D eigenvalue weighted by Crippen LogP contribution is -2.40. The van der Waals surface area contributed by atoms with Gasteiger partial charge in [-0.15, -0.1) is 0 Å². The normalized spacial score (nSPS) is 14.6. The Morgan fingerprint density at radius 1 is 1.02 bits per heavy atom. The molecular weight excluding hydrogens is 693 g/mol. The summed E-state index contributed by atoms with van der Waals surface area (Å²) in [6, 6.07) is 5.51. The van der Waals surface area contributed by atoms with Gasteiger partial charge in [0.25, 0.3) is 0 Å². The highest BCUT2D eigenvalue weighted by Crippen LogP contribution is 2.37. The summed E-state index contributed by atoms with van der Waals surface area (Å²) in [6.45, 7) is 13.0. The summed E-state index contributed by atoms with van der Waals surface area (Å²) in [5.41, 5.74) is -0.0455. The fourth-order valence-electron chi connectivity index (χ4n) is 5.63. The molecular formula is C36H41F3N10O4. The Morgan fingerprint density at radius 2 is 1.79 bits per heavy atom. The molecule has 280 valence electrons. The second kappa shape index (κ2) is 14.9. The van der Waals surface area contributed by atoms with Crippen LogP contribution in [0.15, 0.2) is 59.5 Å². The van der Waals surface area contributed by atoms with E-state index in [1.54, 1.807) is 29.2 Å².